The molecule has 3 heterocycles. The van der Waals surface area contributed by atoms with Gasteiger partial charge in [-0.2, -0.15) is 5.10 Å². The van der Waals surface area contributed by atoms with E-state index in [2.05, 4.69) is 31.3 Å². The molecule has 3 rings (SSSR count). The van der Waals surface area contributed by atoms with Gasteiger partial charge in [0.15, 0.2) is 5.13 Å². The van der Waals surface area contributed by atoms with Crippen LogP contribution in [0.2, 0.25) is 0 Å². The number of hydrogen-bond donors (Lipinski definition) is 1. The Morgan fingerprint density at radius 3 is 2.89 bits per heavy atom. The molecule has 2 amide bonds. The molecule has 0 spiro atoms. The van der Waals surface area contributed by atoms with Gasteiger partial charge in [-0.1, -0.05) is 0 Å². The molecule has 2 aromatic heterocycles. The average molecular weight is 342 g/mol. The molecule has 1 fully saturated rings. The number of aryl methyl sites for hydroxylation is 1. The molecule has 0 radical (unpaired) electrons. The number of rotatable bonds is 2. The van der Waals surface area contributed by atoms with E-state index >= 15 is 0 Å². The zero-order valence-electron chi connectivity index (χ0n) is 10.2. The highest BCUT2D eigenvalue weighted by atomic mass is 79.9. The molecule has 0 saturated carbocycles. The highest BCUT2D eigenvalue weighted by molar-refractivity contribution is 9.10. The molecule has 6 nitrogen and oxygen atoms in total. The number of carbonyl (C=O) groups excluding carboxylic acids is 1. The summed E-state index contributed by atoms with van der Waals surface area (Å²) in [7, 11) is 0. The van der Waals surface area contributed by atoms with Gasteiger partial charge < -0.3 is 4.90 Å². The number of amides is 2. The minimum absolute atomic E-state index is 0.100. The van der Waals surface area contributed by atoms with Crippen molar-refractivity contribution in [2.75, 3.05) is 18.4 Å². The second-order valence-electron chi connectivity index (χ2n) is 4.40. The molecule has 0 atom stereocenters. The first-order chi connectivity index (χ1) is 9.11. The van der Waals surface area contributed by atoms with Crippen molar-refractivity contribution >= 4 is 38.4 Å². The largest absolute Gasteiger partial charge is 0.323 e. The number of hydrogen-bond acceptors (Lipinski definition) is 4. The quantitative estimate of drug-likeness (QED) is 0.912. The van der Waals surface area contributed by atoms with Crippen molar-refractivity contribution in [3.8, 4) is 0 Å². The zero-order chi connectivity index (χ0) is 13.4. The number of nitrogens with zero attached hydrogens (tertiary/aromatic N) is 4. The van der Waals surface area contributed by atoms with Gasteiger partial charge in [-0.25, -0.2) is 9.78 Å². The van der Waals surface area contributed by atoms with Crippen LogP contribution in [-0.2, 0) is 0 Å². The first-order valence-electron chi connectivity index (χ1n) is 5.80. The number of anilines is 1. The van der Waals surface area contributed by atoms with Crippen LogP contribution in [0.15, 0.2) is 23.1 Å². The topological polar surface area (TPSA) is 63.1 Å². The van der Waals surface area contributed by atoms with Crippen LogP contribution in [0, 0.1) is 6.92 Å². The van der Waals surface area contributed by atoms with Crippen molar-refractivity contribution in [2.45, 2.75) is 13.0 Å². The third-order valence-corrected chi connectivity index (χ3v) is 4.17. The molecule has 0 aromatic carbocycles. The number of urea groups is 1. The monoisotopic (exact) mass is 341 g/mol. The Morgan fingerprint density at radius 2 is 2.32 bits per heavy atom. The molecule has 100 valence electrons. The summed E-state index contributed by atoms with van der Waals surface area (Å²) in [6, 6.07) is 0.159. The minimum atomic E-state index is -0.100. The van der Waals surface area contributed by atoms with Crippen LogP contribution in [0.3, 0.4) is 0 Å². The molecule has 0 unspecified atom stereocenters. The van der Waals surface area contributed by atoms with E-state index in [9.17, 15) is 4.79 Å². The van der Waals surface area contributed by atoms with E-state index < -0.39 is 0 Å². The van der Waals surface area contributed by atoms with E-state index in [0.29, 0.717) is 18.2 Å². The van der Waals surface area contributed by atoms with Crippen molar-refractivity contribution in [3.05, 3.63) is 27.9 Å². The summed E-state index contributed by atoms with van der Waals surface area (Å²) in [5.41, 5.74) is 0. The number of thiazole rings is 1. The maximum Gasteiger partial charge on any atom is 0.323 e. The molecule has 1 saturated heterocycles. The minimum Gasteiger partial charge on any atom is -0.320 e. The van der Waals surface area contributed by atoms with E-state index in [0.717, 1.165) is 9.35 Å². The van der Waals surface area contributed by atoms with Crippen LogP contribution in [0.1, 0.15) is 10.9 Å². The standard InChI is InChI=1S/C11H12BrN5OS/c1-7-2-13-10(19-7)15-11(18)16-5-9(6-16)17-4-8(12)3-14-17/h2-4,9H,5-6H2,1H3,(H,13,15,18). The Bertz CT molecular complexity index is 604. The van der Waals surface area contributed by atoms with Gasteiger partial charge in [0.25, 0.3) is 0 Å². The van der Waals surface area contributed by atoms with Gasteiger partial charge in [-0.05, 0) is 22.9 Å². The number of likely N-dealkylation sites (tertiary alicyclic amines) is 1. The van der Waals surface area contributed by atoms with E-state index in [1.54, 1.807) is 17.3 Å². The Kier molecular flexibility index (Phi) is 3.28. The summed E-state index contributed by atoms with van der Waals surface area (Å²) < 4.78 is 2.83. The van der Waals surface area contributed by atoms with Gasteiger partial charge in [0.05, 0.1) is 16.7 Å². The van der Waals surface area contributed by atoms with Crippen LogP contribution in [-0.4, -0.2) is 38.8 Å². The van der Waals surface area contributed by atoms with Crippen LogP contribution >= 0.6 is 27.3 Å². The van der Waals surface area contributed by atoms with Gasteiger partial charge in [-0.15, -0.1) is 11.3 Å². The first kappa shape index (κ1) is 12.6. The first-order valence-corrected chi connectivity index (χ1v) is 7.41. The number of aromatic nitrogens is 3. The van der Waals surface area contributed by atoms with Crippen molar-refractivity contribution in [2.24, 2.45) is 0 Å². The van der Waals surface area contributed by atoms with Crippen molar-refractivity contribution in [1.29, 1.82) is 0 Å². The predicted octanol–water partition coefficient (Wildman–Crippen LogP) is 2.50. The Hall–Kier alpha value is -1.41. The summed E-state index contributed by atoms with van der Waals surface area (Å²) in [6.07, 6.45) is 5.42. The molecular formula is C11H12BrN5OS. The molecule has 1 N–H and O–H groups in total. The fraction of sp³-hybridized carbons (Fsp3) is 0.364. The second kappa shape index (κ2) is 4.93. The van der Waals surface area contributed by atoms with Crippen LogP contribution < -0.4 is 5.32 Å². The Morgan fingerprint density at radius 1 is 1.53 bits per heavy atom. The van der Waals surface area contributed by atoms with Gasteiger partial charge in [-0.3, -0.25) is 10.00 Å². The zero-order valence-corrected chi connectivity index (χ0v) is 12.6. The molecule has 0 aliphatic carbocycles. The molecule has 8 heteroatoms. The van der Waals surface area contributed by atoms with Gasteiger partial charge in [0, 0.05) is 30.4 Å². The fourth-order valence-electron chi connectivity index (χ4n) is 1.89. The molecule has 19 heavy (non-hydrogen) atoms. The van der Waals surface area contributed by atoms with E-state index in [1.165, 1.54) is 11.3 Å². The lowest BCUT2D eigenvalue weighted by Crippen LogP contribution is -2.52. The molecule has 0 bridgehead atoms. The molecule has 2 aromatic rings. The normalized spacial score (nSPS) is 15.4. The van der Waals surface area contributed by atoms with Crippen LogP contribution in [0.4, 0.5) is 9.93 Å². The SMILES string of the molecule is Cc1cnc(NC(=O)N2CC(n3cc(Br)cn3)C2)s1. The maximum atomic E-state index is 11.9. The van der Waals surface area contributed by atoms with Crippen LogP contribution in [0.25, 0.3) is 0 Å². The lowest BCUT2D eigenvalue weighted by molar-refractivity contribution is 0.128. The van der Waals surface area contributed by atoms with Gasteiger partial charge >= 0.3 is 6.03 Å². The second-order valence-corrected chi connectivity index (χ2v) is 6.55. The predicted molar refractivity (Wildman–Crippen MR) is 76.4 cm³/mol. The van der Waals surface area contributed by atoms with E-state index in [4.69, 9.17) is 0 Å². The van der Waals surface area contributed by atoms with Crippen molar-refractivity contribution in [3.63, 3.8) is 0 Å². The van der Waals surface area contributed by atoms with Gasteiger partial charge in [0.2, 0.25) is 0 Å². The number of carbonyl (C=O) groups is 1. The van der Waals surface area contributed by atoms with Crippen molar-refractivity contribution < 1.29 is 4.79 Å². The lowest BCUT2D eigenvalue weighted by Gasteiger charge is -2.38. The molecule has 1 aliphatic rings. The summed E-state index contributed by atoms with van der Waals surface area (Å²) in [5, 5.41) is 7.66. The van der Waals surface area contributed by atoms with Crippen LogP contribution in [0.5, 0.6) is 0 Å². The van der Waals surface area contributed by atoms with E-state index in [1.807, 2.05) is 17.8 Å². The third kappa shape index (κ3) is 2.64. The summed E-state index contributed by atoms with van der Waals surface area (Å²) in [6.45, 7) is 3.30. The summed E-state index contributed by atoms with van der Waals surface area (Å²) in [5.74, 6) is 0. The van der Waals surface area contributed by atoms with Gasteiger partial charge in [0.1, 0.15) is 0 Å². The molecular weight excluding hydrogens is 330 g/mol. The van der Waals surface area contributed by atoms with Crippen molar-refractivity contribution in [1.82, 2.24) is 19.7 Å². The number of halogens is 1. The summed E-state index contributed by atoms with van der Waals surface area (Å²) in [4.78, 5) is 18.9. The van der Waals surface area contributed by atoms with E-state index in [-0.39, 0.29) is 12.1 Å². The lowest BCUT2D eigenvalue weighted by atomic mass is 10.1. The smallest absolute Gasteiger partial charge is 0.320 e. The Labute approximate surface area is 122 Å². The highest BCUT2D eigenvalue weighted by Crippen LogP contribution is 2.24. The summed E-state index contributed by atoms with van der Waals surface area (Å²) >= 11 is 4.84. The fourth-order valence-corrected chi connectivity index (χ4v) is 2.84. The third-order valence-electron chi connectivity index (χ3n) is 2.93. The molecule has 1 aliphatic heterocycles. The average Bonchev–Trinajstić information content (AvgIpc) is 2.86. The Balaban J connectivity index is 1.54. The highest BCUT2D eigenvalue weighted by Gasteiger charge is 2.32. The maximum absolute atomic E-state index is 11.9. The number of nitrogens with one attached hydrogen (secondary N) is 1.